The smallest absolute Gasteiger partial charge is 0.337 e. The highest BCUT2D eigenvalue weighted by atomic mass is 19.1. The second kappa shape index (κ2) is 9.92. The standard InChI is InChI=1S/C28H24F3N3O4/c1-15-12-16(28(37)38-2)6-7-18(15)26(35)34-11-10-17-13-33(14-23(17)34)27(36)22-9-8-21(31)25(32-22)24-19(29)4-3-5-20(24)30/h3-9,12,17,23H,10-11,13-14H2,1-2H3/t17-,23+/m0/s1. The molecular formula is C28H24F3N3O4. The largest absolute Gasteiger partial charge is 0.465 e. The van der Waals surface area contributed by atoms with Gasteiger partial charge in [0.15, 0.2) is 0 Å². The van der Waals surface area contributed by atoms with E-state index in [1.165, 1.54) is 18.1 Å². The fourth-order valence-corrected chi connectivity index (χ4v) is 5.31. The highest BCUT2D eigenvalue weighted by Gasteiger charge is 2.45. The van der Waals surface area contributed by atoms with Crippen molar-refractivity contribution in [2.45, 2.75) is 19.4 Å². The molecule has 7 nitrogen and oxygen atoms in total. The third-order valence-corrected chi connectivity index (χ3v) is 7.24. The summed E-state index contributed by atoms with van der Waals surface area (Å²) in [6.07, 6.45) is 0.696. The number of likely N-dealkylation sites (tertiary alicyclic amines) is 2. The molecule has 0 spiro atoms. The molecule has 0 aliphatic carbocycles. The number of ether oxygens (including phenoxy) is 1. The molecule has 3 aromatic rings. The van der Waals surface area contributed by atoms with Gasteiger partial charge in [0.05, 0.1) is 24.3 Å². The topological polar surface area (TPSA) is 79.8 Å². The third kappa shape index (κ3) is 4.40. The number of rotatable bonds is 4. The molecule has 1 aromatic heterocycles. The number of aromatic nitrogens is 1. The Labute approximate surface area is 216 Å². The van der Waals surface area contributed by atoms with Crippen molar-refractivity contribution in [3.05, 3.63) is 88.4 Å². The molecule has 0 bridgehead atoms. The third-order valence-electron chi connectivity index (χ3n) is 7.24. The van der Waals surface area contributed by atoms with Crippen molar-refractivity contribution >= 4 is 17.8 Å². The second-order valence-electron chi connectivity index (χ2n) is 9.47. The average molecular weight is 524 g/mol. The molecule has 2 fully saturated rings. The summed E-state index contributed by atoms with van der Waals surface area (Å²) in [4.78, 5) is 45.7. The van der Waals surface area contributed by atoms with Gasteiger partial charge in [-0.1, -0.05) is 6.07 Å². The number of methoxy groups -OCH3 is 1. The van der Waals surface area contributed by atoms with Crippen LogP contribution in [0.25, 0.3) is 11.3 Å². The van der Waals surface area contributed by atoms with Crippen molar-refractivity contribution in [3.8, 4) is 11.3 Å². The van der Waals surface area contributed by atoms with Gasteiger partial charge in [-0.25, -0.2) is 22.9 Å². The van der Waals surface area contributed by atoms with Crippen LogP contribution in [-0.2, 0) is 4.74 Å². The predicted octanol–water partition coefficient (Wildman–Crippen LogP) is 4.25. The molecule has 2 aromatic carbocycles. The molecular weight excluding hydrogens is 499 g/mol. The first-order chi connectivity index (χ1) is 18.2. The molecule has 196 valence electrons. The summed E-state index contributed by atoms with van der Waals surface area (Å²) in [6.45, 7) is 2.89. The van der Waals surface area contributed by atoms with E-state index in [2.05, 4.69) is 4.98 Å². The minimum Gasteiger partial charge on any atom is -0.465 e. The maximum atomic E-state index is 14.5. The number of amides is 2. The van der Waals surface area contributed by atoms with Crippen LogP contribution in [-0.4, -0.2) is 65.4 Å². The van der Waals surface area contributed by atoms with Crippen molar-refractivity contribution in [1.82, 2.24) is 14.8 Å². The monoisotopic (exact) mass is 523 g/mol. The first kappa shape index (κ1) is 25.4. The lowest BCUT2D eigenvalue weighted by Crippen LogP contribution is -2.41. The quantitative estimate of drug-likeness (QED) is 0.478. The molecule has 0 radical (unpaired) electrons. The number of pyridine rings is 1. The maximum Gasteiger partial charge on any atom is 0.337 e. The van der Waals surface area contributed by atoms with Gasteiger partial charge in [-0.2, -0.15) is 0 Å². The molecule has 2 amide bonds. The van der Waals surface area contributed by atoms with Crippen LogP contribution in [0.1, 0.15) is 43.2 Å². The molecule has 10 heteroatoms. The summed E-state index contributed by atoms with van der Waals surface area (Å²) < 4.78 is 47.8. The van der Waals surface area contributed by atoms with Gasteiger partial charge in [0.1, 0.15) is 28.8 Å². The van der Waals surface area contributed by atoms with Crippen molar-refractivity contribution in [2.24, 2.45) is 5.92 Å². The van der Waals surface area contributed by atoms with Crippen molar-refractivity contribution in [2.75, 3.05) is 26.7 Å². The lowest BCUT2D eigenvalue weighted by molar-refractivity contribution is 0.0599. The first-order valence-corrected chi connectivity index (χ1v) is 12.1. The summed E-state index contributed by atoms with van der Waals surface area (Å²) in [6, 6.07) is 9.81. The highest BCUT2D eigenvalue weighted by Crippen LogP contribution is 2.34. The maximum absolute atomic E-state index is 14.5. The minimum absolute atomic E-state index is 0.0430. The van der Waals surface area contributed by atoms with Crippen LogP contribution in [0.4, 0.5) is 13.2 Å². The molecule has 0 N–H and O–H groups in total. The first-order valence-electron chi connectivity index (χ1n) is 12.1. The number of esters is 1. The Hall–Kier alpha value is -4.21. The van der Waals surface area contributed by atoms with Gasteiger partial charge in [-0.05, 0) is 61.4 Å². The summed E-state index contributed by atoms with van der Waals surface area (Å²) in [5.74, 6) is -4.08. The van der Waals surface area contributed by atoms with Gasteiger partial charge in [0.25, 0.3) is 11.8 Å². The number of nitrogens with zero attached hydrogens (tertiary/aromatic N) is 3. The number of fused-ring (bicyclic) bond motifs is 1. The van der Waals surface area contributed by atoms with E-state index in [0.717, 1.165) is 24.3 Å². The van der Waals surface area contributed by atoms with Gasteiger partial charge in [-0.15, -0.1) is 0 Å². The van der Waals surface area contributed by atoms with Crippen LogP contribution in [0.15, 0.2) is 48.5 Å². The Balaban J connectivity index is 1.35. The zero-order valence-electron chi connectivity index (χ0n) is 20.7. The predicted molar refractivity (Wildman–Crippen MR) is 131 cm³/mol. The van der Waals surface area contributed by atoms with Crippen molar-refractivity contribution in [3.63, 3.8) is 0 Å². The zero-order valence-corrected chi connectivity index (χ0v) is 20.7. The lowest BCUT2D eigenvalue weighted by atomic mass is 10.0. The van der Waals surface area contributed by atoms with E-state index in [9.17, 15) is 27.6 Å². The van der Waals surface area contributed by atoms with E-state index in [1.54, 1.807) is 30.0 Å². The summed E-state index contributed by atoms with van der Waals surface area (Å²) >= 11 is 0. The molecule has 5 rings (SSSR count). The van der Waals surface area contributed by atoms with E-state index in [-0.39, 0.29) is 30.1 Å². The summed E-state index contributed by atoms with van der Waals surface area (Å²) in [5, 5.41) is 0. The average Bonchev–Trinajstić information content (AvgIpc) is 3.49. The number of hydrogen-bond donors (Lipinski definition) is 0. The van der Waals surface area contributed by atoms with Crippen LogP contribution < -0.4 is 0 Å². The number of carbonyl (C=O) groups is 3. The fraction of sp³-hybridized carbons (Fsp3) is 0.286. The highest BCUT2D eigenvalue weighted by molar-refractivity contribution is 5.98. The Morgan fingerprint density at radius 2 is 1.68 bits per heavy atom. The van der Waals surface area contributed by atoms with Crippen LogP contribution in [0.3, 0.4) is 0 Å². The van der Waals surface area contributed by atoms with E-state index in [1.807, 2.05) is 0 Å². The van der Waals surface area contributed by atoms with E-state index in [0.29, 0.717) is 36.2 Å². The second-order valence-corrected chi connectivity index (χ2v) is 9.47. The molecule has 3 heterocycles. The number of hydrogen-bond acceptors (Lipinski definition) is 5. The number of benzene rings is 2. The molecule has 2 aliphatic rings. The number of halogens is 3. The van der Waals surface area contributed by atoms with Crippen LogP contribution in [0.5, 0.6) is 0 Å². The van der Waals surface area contributed by atoms with Crippen molar-refractivity contribution < 1.29 is 32.3 Å². The summed E-state index contributed by atoms with van der Waals surface area (Å²) in [5.41, 5.74) is 0.0865. The van der Waals surface area contributed by atoms with Gasteiger partial charge in [0, 0.05) is 31.1 Å². The molecule has 2 atom stereocenters. The number of carbonyl (C=O) groups excluding carboxylic acids is 3. The fourth-order valence-electron chi connectivity index (χ4n) is 5.31. The molecule has 38 heavy (non-hydrogen) atoms. The Bertz CT molecular complexity index is 1440. The van der Waals surface area contributed by atoms with Gasteiger partial charge < -0.3 is 14.5 Å². The van der Waals surface area contributed by atoms with Crippen LogP contribution >= 0.6 is 0 Å². The normalized spacial score (nSPS) is 18.4. The Morgan fingerprint density at radius 3 is 2.37 bits per heavy atom. The molecule has 2 aliphatic heterocycles. The van der Waals surface area contributed by atoms with Crippen molar-refractivity contribution in [1.29, 1.82) is 0 Å². The van der Waals surface area contributed by atoms with Crippen LogP contribution in [0.2, 0.25) is 0 Å². The van der Waals surface area contributed by atoms with Crippen LogP contribution in [0, 0.1) is 30.3 Å². The molecule has 2 saturated heterocycles. The SMILES string of the molecule is COC(=O)c1ccc(C(=O)N2CC[C@H]3CN(C(=O)c4ccc(F)c(-c5c(F)cccc5F)n4)C[C@H]32)c(C)c1. The zero-order chi connectivity index (χ0) is 27.1. The number of aryl methyl sites for hydroxylation is 1. The van der Waals surface area contributed by atoms with E-state index < -0.39 is 40.6 Å². The Kier molecular flexibility index (Phi) is 6.64. The Morgan fingerprint density at radius 1 is 0.947 bits per heavy atom. The summed E-state index contributed by atoms with van der Waals surface area (Å²) in [7, 11) is 1.29. The minimum atomic E-state index is -0.985. The van der Waals surface area contributed by atoms with Gasteiger partial charge in [-0.3, -0.25) is 9.59 Å². The van der Waals surface area contributed by atoms with E-state index >= 15 is 0 Å². The van der Waals surface area contributed by atoms with Gasteiger partial charge in [0.2, 0.25) is 0 Å². The lowest BCUT2D eigenvalue weighted by Gasteiger charge is -2.26. The van der Waals surface area contributed by atoms with Gasteiger partial charge >= 0.3 is 5.97 Å². The van der Waals surface area contributed by atoms with E-state index in [4.69, 9.17) is 4.74 Å². The molecule has 0 unspecified atom stereocenters. The molecule has 0 saturated carbocycles.